The molecule has 0 aliphatic carbocycles. The smallest absolute Gasteiger partial charge is 0.142 e. The van der Waals surface area contributed by atoms with Gasteiger partial charge in [-0.05, 0) is 55.3 Å². The number of hydrazine groups is 1. The summed E-state index contributed by atoms with van der Waals surface area (Å²) in [6.07, 6.45) is 3.08. The Labute approximate surface area is 191 Å². The van der Waals surface area contributed by atoms with E-state index < -0.39 is 0 Å². The first-order chi connectivity index (χ1) is 15.4. The number of anilines is 1. The van der Waals surface area contributed by atoms with Crippen molar-refractivity contribution in [3.63, 3.8) is 0 Å². The monoisotopic (exact) mass is 441 g/mol. The number of benzene rings is 2. The molecular weight excluding hydrogens is 405 g/mol. The SMILES string of the molecule is CC.CN=C(NN(C)CN/C(=C\CC=O)CNc1cccc(C)c1C)c1ccc(F)cc1. The molecule has 32 heavy (non-hydrogen) atoms. The zero-order valence-electron chi connectivity index (χ0n) is 20.0. The van der Waals surface area contributed by atoms with Crippen LogP contribution >= 0.6 is 0 Å². The molecule has 0 aliphatic rings. The minimum atomic E-state index is -0.287. The van der Waals surface area contributed by atoms with E-state index in [0.717, 1.165) is 23.2 Å². The lowest BCUT2D eigenvalue weighted by Gasteiger charge is -2.23. The van der Waals surface area contributed by atoms with E-state index >= 15 is 0 Å². The third kappa shape index (κ3) is 8.89. The summed E-state index contributed by atoms with van der Waals surface area (Å²) in [5, 5.41) is 8.59. The molecule has 0 amide bonds. The van der Waals surface area contributed by atoms with E-state index in [1.165, 1.54) is 23.3 Å². The quantitative estimate of drug-likeness (QED) is 0.167. The number of hydrogen-bond donors (Lipinski definition) is 3. The molecule has 0 saturated carbocycles. The van der Waals surface area contributed by atoms with Gasteiger partial charge >= 0.3 is 0 Å². The van der Waals surface area contributed by atoms with Crippen molar-refractivity contribution in [3.8, 4) is 0 Å². The molecule has 0 radical (unpaired) electrons. The largest absolute Gasteiger partial charge is 0.379 e. The fraction of sp³-hybridized carbons (Fsp3) is 0.360. The number of hydrogen-bond acceptors (Lipinski definition) is 5. The molecule has 0 unspecified atom stereocenters. The van der Waals surface area contributed by atoms with Gasteiger partial charge in [0.2, 0.25) is 0 Å². The van der Waals surface area contributed by atoms with Crippen molar-refractivity contribution in [2.45, 2.75) is 34.1 Å². The topological polar surface area (TPSA) is 68.8 Å². The Morgan fingerprint density at radius 1 is 1.12 bits per heavy atom. The molecule has 2 aromatic rings. The number of nitrogens with zero attached hydrogens (tertiary/aromatic N) is 2. The predicted molar refractivity (Wildman–Crippen MR) is 132 cm³/mol. The van der Waals surface area contributed by atoms with Crippen molar-refractivity contribution in [1.29, 1.82) is 0 Å². The average Bonchev–Trinajstić information content (AvgIpc) is 2.81. The molecule has 0 aromatic heterocycles. The first-order valence-electron chi connectivity index (χ1n) is 10.8. The second-order valence-electron chi connectivity index (χ2n) is 6.96. The third-order valence-electron chi connectivity index (χ3n) is 4.72. The van der Waals surface area contributed by atoms with E-state index in [9.17, 15) is 9.18 Å². The molecule has 174 valence electrons. The first kappa shape index (κ1) is 26.8. The Morgan fingerprint density at radius 2 is 1.81 bits per heavy atom. The van der Waals surface area contributed by atoms with Crippen LogP contribution in [0.15, 0.2) is 59.2 Å². The van der Waals surface area contributed by atoms with Gasteiger partial charge in [-0.2, -0.15) is 0 Å². The molecule has 0 bridgehead atoms. The van der Waals surface area contributed by atoms with Crippen molar-refractivity contribution in [2.75, 3.05) is 32.6 Å². The van der Waals surface area contributed by atoms with E-state index in [2.05, 4.69) is 41.0 Å². The molecule has 7 heteroatoms. The van der Waals surface area contributed by atoms with Crippen molar-refractivity contribution < 1.29 is 9.18 Å². The number of rotatable bonds is 10. The zero-order chi connectivity index (χ0) is 23.9. The van der Waals surface area contributed by atoms with E-state index in [4.69, 9.17) is 0 Å². The molecule has 2 aromatic carbocycles. The number of aryl methyl sites for hydroxylation is 1. The van der Waals surface area contributed by atoms with Crippen molar-refractivity contribution >= 4 is 17.8 Å². The van der Waals surface area contributed by atoms with Crippen LogP contribution in [0.1, 0.15) is 37.0 Å². The van der Waals surface area contributed by atoms with Gasteiger partial charge in [-0.15, -0.1) is 0 Å². The van der Waals surface area contributed by atoms with Gasteiger partial charge in [-0.3, -0.25) is 4.99 Å². The molecule has 0 saturated heterocycles. The van der Waals surface area contributed by atoms with Gasteiger partial charge in [-0.25, -0.2) is 9.40 Å². The van der Waals surface area contributed by atoms with E-state index in [-0.39, 0.29) is 5.82 Å². The van der Waals surface area contributed by atoms with Crippen LogP contribution in [0.5, 0.6) is 0 Å². The number of carbonyl (C=O) groups excluding carboxylic acids is 1. The van der Waals surface area contributed by atoms with Crippen LogP contribution in [0.25, 0.3) is 0 Å². The number of carbonyl (C=O) groups is 1. The van der Waals surface area contributed by atoms with Gasteiger partial charge in [0, 0.05) is 37.5 Å². The Morgan fingerprint density at radius 3 is 2.44 bits per heavy atom. The number of aldehydes is 1. The van der Waals surface area contributed by atoms with Crippen LogP contribution in [-0.4, -0.2) is 44.4 Å². The number of nitrogens with one attached hydrogen (secondary N) is 3. The predicted octanol–water partition coefficient (Wildman–Crippen LogP) is 4.41. The lowest BCUT2D eigenvalue weighted by molar-refractivity contribution is -0.107. The normalized spacial score (nSPS) is 11.5. The highest BCUT2D eigenvalue weighted by atomic mass is 19.1. The third-order valence-corrected chi connectivity index (χ3v) is 4.72. The maximum Gasteiger partial charge on any atom is 0.142 e. The van der Waals surface area contributed by atoms with Crippen molar-refractivity contribution in [2.24, 2.45) is 4.99 Å². The van der Waals surface area contributed by atoms with E-state index in [1.54, 1.807) is 19.2 Å². The molecule has 0 fully saturated rings. The van der Waals surface area contributed by atoms with Gasteiger partial charge in [-0.1, -0.05) is 32.1 Å². The second kappa shape index (κ2) is 14.8. The molecule has 3 N–H and O–H groups in total. The molecule has 6 nitrogen and oxygen atoms in total. The molecular formula is C25H36FN5O. The lowest BCUT2D eigenvalue weighted by atomic mass is 10.1. The van der Waals surface area contributed by atoms with Crippen LogP contribution in [-0.2, 0) is 4.79 Å². The number of amidine groups is 1. The Kier molecular flexibility index (Phi) is 12.4. The van der Waals surface area contributed by atoms with Crippen LogP contribution in [0, 0.1) is 19.7 Å². The average molecular weight is 442 g/mol. The summed E-state index contributed by atoms with van der Waals surface area (Å²) in [5.74, 6) is 0.344. The van der Waals surface area contributed by atoms with Gasteiger partial charge in [0.05, 0.1) is 13.2 Å². The van der Waals surface area contributed by atoms with Gasteiger partial charge in [0.15, 0.2) is 0 Å². The summed E-state index contributed by atoms with van der Waals surface area (Å²) < 4.78 is 13.2. The Bertz CT molecular complexity index is 894. The Balaban J connectivity index is 0.00000249. The number of allylic oxidation sites excluding steroid dienone is 1. The first-order valence-corrected chi connectivity index (χ1v) is 10.8. The highest BCUT2D eigenvalue weighted by molar-refractivity contribution is 5.98. The Hall–Kier alpha value is -3.19. The summed E-state index contributed by atoms with van der Waals surface area (Å²) in [6.45, 7) is 9.20. The summed E-state index contributed by atoms with van der Waals surface area (Å²) in [4.78, 5) is 15.1. The van der Waals surface area contributed by atoms with Gasteiger partial charge in [0.25, 0.3) is 0 Å². The van der Waals surface area contributed by atoms with Crippen molar-refractivity contribution in [1.82, 2.24) is 15.8 Å². The fourth-order valence-corrected chi connectivity index (χ4v) is 2.82. The molecule has 0 aliphatic heterocycles. The van der Waals surface area contributed by atoms with Crippen molar-refractivity contribution in [3.05, 3.63) is 76.7 Å². The highest BCUT2D eigenvalue weighted by Crippen LogP contribution is 2.18. The van der Waals surface area contributed by atoms with E-state index in [0.29, 0.717) is 25.5 Å². The number of aliphatic imine (C=N–C) groups is 1. The second-order valence-corrected chi connectivity index (χ2v) is 6.96. The van der Waals surface area contributed by atoms with Crippen LogP contribution in [0.3, 0.4) is 0 Å². The molecule has 0 atom stereocenters. The summed E-state index contributed by atoms with van der Waals surface area (Å²) >= 11 is 0. The summed E-state index contributed by atoms with van der Waals surface area (Å²) in [5.41, 5.74) is 8.38. The molecule has 0 spiro atoms. The molecule has 0 heterocycles. The lowest BCUT2D eigenvalue weighted by Crippen LogP contribution is -2.45. The minimum Gasteiger partial charge on any atom is -0.379 e. The van der Waals surface area contributed by atoms with Crippen LogP contribution < -0.4 is 16.1 Å². The minimum absolute atomic E-state index is 0.287. The van der Waals surface area contributed by atoms with Gasteiger partial charge < -0.3 is 20.9 Å². The van der Waals surface area contributed by atoms with E-state index in [1.807, 2.05) is 44.1 Å². The zero-order valence-corrected chi connectivity index (χ0v) is 20.0. The summed E-state index contributed by atoms with van der Waals surface area (Å²) in [6, 6.07) is 12.3. The molecule has 2 rings (SSSR count). The summed E-state index contributed by atoms with van der Waals surface area (Å²) in [7, 11) is 3.55. The standard InChI is InChI=1S/C23H30FN5O.C2H6/c1-17-7-5-9-22(18(17)2)26-15-21(8-6-14-30)27-16-29(4)28-23(25-3)19-10-12-20(24)13-11-19;1-2/h5,7-14,26-27H,6,15-16H2,1-4H3,(H,25,28);1-2H3/b21-8-;. The van der Waals surface area contributed by atoms with Crippen LogP contribution in [0.4, 0.5) is 10.1 Å². The van der Waals surface area contributed by atoms with Crippen LogP contribution in [0.2, 0.25) is 0 Å². The highest BCUT2D eigenvalue weighted by Gasteiger charge is 2.07. The fourth-order valence-electron chi connectivity index (χ4n) is 2.82. The number of halogens is 1. The maximum absolute atomic E-state index is 13.2. The maximum atomic E-state index is 13.2. The van der Waals surface area contributed by atoms with Gasteiger partial charge in [0.1, 0.15) is 17.9 Å².